The van der Waals surface area contributed by atoms with Crippen molar-refractivity contribution >= 4 is 0 Å². The normalized spacial score (nSPS) is 13.6. The monoisotopic (exact) mass is 158 g/mol. The molecule has 0 saturated heterocycles. The number of quaternary nitrogens is 1. The molecule has 0 unspecified atom stereocenters. The van der Waals surface area contributed by atoms with Crippen LogP contribution in [0.2, 0.25) is 0 Å². The Morgan fingerprint density at radius 1 is 0.636 bits per heavy atom. The molecule has 0 aromatic rings. The molecule has 0 N–H and O–H groups in total. The Hall–Kier alpha value is -0.0400. The molecule has 0 aliphatic carbocycles. The van der Waals surface area contributed by atoms with Crippen molar-refractivity contribution in [3.05, 3.63) is 0 Å². The largest absolute Gasteiger partial charge is 0.320 e. The minimum atomic E-state index is 0.718. The third-order valence-electron chi connectivity index (χ3n) is 3.34. The summed E-state index contributed by atoms with van der Waals surface area (Å²) in [6.07, 6.45) is 0. The van der Waals surface area contributed by atoms with Crippen molar-refractivity contribution in [2.45, 2.75) is 59.7 Å². The van der Waals surface area contributed by atoms with Gasteiger partial charge in [0.2, 0.25) is 0 Å². The number of rotatable bonds is 3. The summed E-state index contributed by atoms with van der Waals surface area (Å²) < 4.78 is 1.17. The van der Waals surface area contributed by atoms with Gasteiger partial charge in [-0.15, -0.1) is 0 Å². The van der Waals surface area contributed by atoms with E-state index in [2.05, 4.69) is 48.6 Å². The minimum absolute atomic E-state index is 0.718. The van der Waals surface area contributed by atoms with Crippen molar-refractivity contribution < 1.29 is 4.48 Å². The molecule has 0 heterocycles. The van der Waals surface area contributed by atoms with Crippen LogP contribution in [-0.2, 0) is 0 Å². The Kier molecular flexibility index (Phi) is 3.56. The highest BCUT2D eigenvalue weighted by Gasteiger charge is 2.32. The lowest BCUT2D eigenvalue weighted by molar-refractivity contribution is -0.968. The van der Waals surface area contributed by atoms with Gasteiger partial charge >= 0.3 is 0 Å². The van der Waals surface area contributed by atoms with Crippen molar-refractivity contribution in [2.24, 2.45) is 0 Å². The number of hydrogen-bond acceptors (Lipinski definition) is 0. The van der Waals surface area contributed by atoms with Gasteiger partial charge < -0.3 is 4.48 Å². The van der Waals surface area contributed by atoms with Gasteiger partial charge in [-0.1, -0.05) is 0 Å². The van der Waals surface area contributed by atoms with Crippen molar-refractivity contribution in [2.75, 3.05) is 7.05 Å². The lowest BCUT2D eigenvalue weighted by Gasteiger charge is -2.46. The van der Waals surface area contributed by atoms with Gasteiger partial charge in [-0.3, -0.25) is 0 Å². The fourth-order valence-electron chi connectivity index (χ4n) is 1.79. The van der Waals surface area contributed by atoms with Crippen molar-refractivity contribution in [3.63, 3.8) is 0 Å². The van der Waals surface area contributed by atoms with Gasteiger partial charge in [-0.05, 0) is 41.5 Å². The van der Waals surface area contributed by atoms with E-state index in [4.69, 9.17) is 0 Å². The molecule has 0 saturated carbocycles. The molecule has 11 heavy (non-hydrogen) atoms. The van der Waals surface area contributed by atoms with E-state index in [9.17, 15) is 0 Å². The highest BCUT2D eigenvalue weighted by Crippen LogP contribution is 2.20. The van der Waals surface area contributed by atoms with Crippen molar-refractivity contribution in [1.82, 2.24) is 0 Å². The zero-order valence-corrected chi connectivity index (χ0v) is 9.18. The van der Waals surface area contributed by atoms with Crippen LogP contribution in [0.5, 0.6) is 0 Å². The summed E-state index contributed by atoms with van der Waals surface area (Å²) in [4.78, 5) is 0. The van der Waals surface area contributed by atoms with Crippen LogP contribution in [-0.4, -0.2) is 29.7 Å². The van der Waals surface area contributed by atoms with Crippen LogP contribution >= 0.6 is 0 Å². The molecule has 0 aromatic carbocycles. The summed E-state index contributed by atoms with van der Waals surface area (Å²) in [5, 5.41) is 0. The van der Waals surface area contributed by atoms with Crippen LogP contribution in [0.15, 0.2) is 0 Å². The quantitative estimate of drug-likeness (QED) is 0.554. The molecular formula is C10H24N+. The second-order valence-corrected chi connectivity index (χ2v) is 4.50. The molecule has 0 aromatic heterocycles. The minimum Gasteiger partial charge on any atom is -0.320 e. The fourth-order valence-corrected chi connectivity index (χ4v) is 1.79. The average molecular weight is 158 g/mol. The van der Waals surface area contributed by atoms with Crippen LogP contribution in [0.1, 0.15) is 41.5 Å². The summed E-state index contributed by atoms with van der Waals surface area (Å²) in [5.41, 5.74) is 0. The van der Waals surface area contributed by atoms with E-state index in [-0.39, 0.29) is 0 Å². The zero-order valence-electron chi connectivity index (χ0n) is 9.18. The Morgan fingerprint density at radius 3 is 0.818 bits per heavy atom. The molecule has 0 fully saturated rings. The van der Waals surface area contributed by atoms with Gasteiger partial charge in [0.05, 0.1) is 25.2 Å². The molecule has 0 radical (unpaired) electrons. The smallest absolute Gasteiger partial charge is 0.0835 e. The van der Waals surface area contributed by atoms with Gasteiger partial charge in [0.15, 0.2) is 0 Å². The molecule has 0 aliphatic rings. The lowest BCUT2D eigenvalue weighted by atomic mass is 10.1. The Morgan fingerprint density at radius 2 is 0.818 bits per heavy atom. The summed E-state index contributed by atoms with van der Waals surface area (Å²) in [7, 11) is 2.35. The third kappa shape index (κ3) is 1.96. The maximum atomic E-state index is 2.35. The van der Waals surface area contributed by atoms with E-state index in [1.54, 1.807) is 0 Å². The standard InChI is InChI=1S/C10H24N/c1-8(2)11(7,9(3)4)10(5)6/h8-10H,1-7H3/q+1. The van der Waals surface area contributed by atoms with Crippen LogP contribution in [0.4, 0.5) is 0 Å². The topological polar surface area (TPSA) is 0 Å². The highest BCUT2D eigenvalue weighted by molar-refractivity contribution is 4.53. The second-order valence-electron chi connectivity index (χ2n) is 4.50. The summed E-state index contributed by atoms with van der Waals surface area (Å²) in [5.74, 6) is 0. The number of nitrogens with zero attached hydrogens (tertiary/aromatic N) is 1. The molecular weight excluding hydrogens is 134 g/mol. The van der Waals surface area contributed by atoms with Crippen LogP contribution < -0.4 is 0 Å². The Balaban J connectivity index is 4.53. The van der Waals surface area contributed by atoms with Gasteiger partial charge in [-0.2, -0.15) is 0 Å². The van der Waals surface area contributed by atoms with E-state index >= 15 is 0 Å². The van der Waals surface area contributed by atoms with E-state index in [0.29, 0.717) is 0 Å². The lowest BCUT2D eigenvalue weighted by Crippen LogP contribution is -2.58. The summed E-state index contributed by atoms with van der Waals surface area (Å²) in [6, 6.07) is 2.15. The second kappa shape index (κ2) is 3.57. The van der Waals surface area contributed by atoms with E-state index < -0.39 is 0 Å². The average Bonchev–Trinajstić information content (AvgIpc) is 1.84. The van der Waals surface area contributed by atoms with Crippen LogP contribution in [0.25, 0.3) is 0 Å². The molecule has 0 rings (SSSR count). The summed E-state index contributed by atoms with van der Waals surface area (Å²) >= 11 is 0. The maximum Gasteiger partial charge on any atom is 0.0835 e. The van der Waals surface area contributed by atoms with E-state index in [1.807, 2.05) is 0 Å². The zero-order chi connectivity index (χ0) is 9.23. The molecule has 1 heteroatoms. The maximum absolute atomic E-state index is 2.35. The van der Waals surface area contributed by atoms with Crippen LogP contribution in [0, 0.1) is 0 Å². The Labute approximate surface area is 72.0 Å². The number of hydrogen-bond donors (Lipinski definition) is 0. The van der Waals surface area contributed by atoms with E-state index in [0.717, 1.165) is 18.1 Å². The molecule has 68 valence electrons. The van der Waals surface area contributed by atoms with Gasteiger partial charge in [0.1, 0.15) is 0 Å². The molecule has 1 nitrogen and oxygen atoms in total. The molecule has 0 bridgehead atoms. The first-order valence-electron chi connectivity index (χ1n) is 4.69. The Bertz CT molecular complexity index is 92.3. The highest BCUT2D eigenvalue weighted by atomic mass is 15.4. The molecule has 0 atom stereocenters. The van der Waals surface area contributed by atoms with Gasteiger partial charge in [-0.25, -0.2) is 0 Å². The molecule has 0 spiro atoms. The third-order valence-corrected chi connectivity index (χ3v) is 3.34. The SMILES string of the molecule is CC(C)[N+](C)(C(C)C)C(C)C. The first kappa shape index (κ1) is 11.0. The van der Waals surface area contributed by atoms with E-state index in [1.165, 1.54) is 4.48 Å². The molecule has 0 amide bonds. The first-order chi connectivity index (χ1) is 4.83. The summed E-state index contributed by atoms with van der Waals surface area (Å²) in [6.45, 7) is 13.8. The predicted octanol–water partition coefficient (Wildman–Crippen LogP) is 2.66. The first-order valence-corrected chi connectivity index (χ1v) is 4.69. The van der Waals surface area contributed by atoms with Crippen LogP contribution in [0.3, 0.4) is 0 Å². The van der Waals surface area contributed by atoms with Crippen molar-refractivity contribution in [3.8, 4) is 0 Å². The fraction of sp³-hybridized carbons (Fsp3) is 1.00. The van der Waals surface area contributed by atoms with Gasteiger partial charge in [0.25, 0.3) is 0 Å². The van der Waals surface area contributed by atoms with Gasteiger partial charge in [0, 0.05) is 0 Å². The predicted molar refractivity (Wildman–Crippen MR) is 51.6 cm³/mol. The molecule has 0 aliphatic heterocycles. The van der Waals surface area contributed by atoms with Crippen molar-refractivity contribution in [1.29, 1.82) is 0 Å².